The van der Waals surface area contributed by atoms with Crippen molar-refractivity contribution in [2.45, 2.75) is 5.37 Å². The summed E-state index contributed by atoms with van der Waals surface area (Å²) < 4.78 is 7.30. The topological polar surface area (TPSA) is 117 Å². The zero-order valence-corrected chi connectivity index (χ0v) is 16.2. The van der Waals surface area contributed by atoms with Crippen molar-refractivity contribution in [2.75, 3.05) is 0 Å². The Morgan fingerprint density at radius 1 is 1.17 bits per heavy atom. The summed E-state index contributed by atoms with van der Waals surface area (Å²) in [5.74, 6) is -2.24. The predicted octanol–water partition coefficient (Wildman–Crippen LogP) is 3.33. The van der Waals surface area contributed by atoms with Crippen LogP contribution in [0.1, 0.15) is 16.2 Å². The number of para-hydroxylation sites is 1. The van der Waals surface area contributed by atoms with E-state index in [-0.39, 0.29) is 11.4 Å². The molecule has 3 aromatic heterocycles. The predicted molar refractivity (Wildman–Crippen MR) is 111 cm³/mol. The third-order valence-electron chi connectivity index (χ3n) is 4.93. The second kappa shape index (κ2) is 6.96. The quantitative estimate of drug-likeness (QED) is 0.463. The molecule has 30 heavy (non-hydrogen) atoms. The smallest absolute Gasteiger partial charge is 0.314 e. The number of aromatic nitrogens is 2. The summed E-state index contributed by atoms with van der Waals surface area (Å²) in [5, 5.41) is 28.4. The molecule has 2 unspecified atom stereocenters. The van der Waals surface area contributed by atoms with Crippen molar-refractivity contribution < 1.29 is 24.2 Å². The minimum Gasteiger partial charge on any atom is -0.504 e. The molecule has 9 heteroatoms. The number of thioether (sulfide) groups is 1. The molecule has 1 amide bonds. The van der Waals surface area contributed by atoms with Crippen LogP contribution >= 0.6 is 11.8 Å². The van der Waals surface area contributed by atoms with E-state index in [1.165, 1.54) is 17.8 Å². The Morgan fingerprint density at radius 3 is 2.80 bits per heavy atom. The number of aliphatic carboxylic acids is 1. The van der Waals surface area contributed by atoms with Crippen molar-refractivity contribution in [1.29, 1.82) is 0 Å². The number of carboxylic acid groups (broad SMARTS) is 1. The minimum atomic E-state index is -1.09. The van der Waals surface area contributed by atoms with E-state index in [2.05, 4.69) is 10.4 Å². The van der Waals surface area contributed by atoms with Gasteiger partial charge >= 0.3 is 5.97 Å². The standard InChI is InChI=1S/C21H15N3O5S/c25-15-6-3-4-11-8-16(29-18(11)15)13-10-30-20(17(13)21(27)28)22-19(26)14-9-12-5-1-2-7-24(12)23-14/h1-10,17,20,25H,(H,22,26)(H,27,28). The van der Waals surface area contributed by atoms with Gasteiger partial charge in [-0.25, -0.2) is 4.52 Å². The van der Waals surface area contributed by atoms with Gasteiger partial charge < -0.3 is 19.9 Å². The van der Waals surface area contributed by atoms with Gasteiger partial charge in [-0.3, -0.25) is 9.59 Å². The number of hydrogen-bond acceptors (Lipinski definition) is 6. The number of carboxylic acids is 1. The summed E-state index contributed by atoms with van der Waals surface area (Å²) in [6.07, 6.45) is 1.73. The van der Waals surface area contributed by atoms with Crippen molar-refractivity contribution in [3.05, 3.63) is 71.6 Å². The number of phenolic OH excluding ortho intramolecular Hbond substituents is 1. The van der Waals surface area contributed by atoms with Gasteiger partial charge in [0.1, 0.15) is 11.7 Å². The molecule has 0 saturated carbocycles. The number of nitrogens with one attached hydrogen (secondary N) is 1. The van der Waals surface area contributed by atoms with E-state index in [1.54, 1.807) is 46.5 Å². The molecule has 150 valence electrons. The number of pyridine rings is 1. The highest BCUT2D eigenvalue weighted by molar-refractivity contribution is 8.03. The van der Waals surface area contributed by atoms with Gasteiger partial charge in [-0.05, 0) is 35.7 Å². The zero-order valence-electron chi connectivity index (χ0n) is 15.4. The van der Waals surface area contributed by atoms with Gasteiger partial charge in [0.05, 0.1) is 10.9 Å². The van der Waals surface area contributed by atoms with Crippen LogP contribution in [-0.4, -0.2) is 37.1 Å². The Hall–Kier alpha value is -3.72. The number of furan rings is 1. The fraction of sp³-hybridized carbons (Fsp3) is 0.0952. The molecule has 0 aliphatic carbocycles. The average Bonchev–Trinajstić information content (AvgIpc) is 3.44. The molecule has 0 bridgehead atoms. The van der Waals surface area contributed by atoms with Crippen molar-refractivity contribution in [2.24, 2.45) is 5.92 Å². The van der Waals surface area contributed by atoms with Gasteiger partial charge in [0.2, 0.25) is 0 Å². The number of nitrogens with zero attached hydrogens (tertiary/aromatic N) is 2. The Labute approximate surface area is 173 Å². The number of rotatable bonds is 4. The number of benzene rings is 1. The Balaban J connectivity index is 1.42. The highest BCUT2D eigenvalue weighted by Gasteiger charge is 2.40. The van der Waals surface area contributed by atoms with E-state index in [1.807, 2.05) is 12.1 Å². The van der Waals surface area contributed by atoms with Gasteiger partial charge in [-0.1, -0.05) is 18.2 Å². The van der Waals surface area contributed by atoms with E-state index in [9.17, 15) is 19.8 Å². The number of carbonyl (C=O) groups excluding carboxylic acids is 1. The molecule has 0 saturated heterocycles. The first-order chi connectivity index (χ1) is 14.5. The molecule has 3 N–H and O–H groups in total. The summed E-state index contributed by atoms with van der Waals surface area (Å²) in [6, 6.07) is 13.7. The van der Waals surface area contributed by atoms with Crippen LogP contribution < -0.4 is 5.32 Å². The van der Waals surface area contributed by atoms with Crippen molar-refractivity contribution in [3.8, 4) is 5.75 Å². The summed E-state index contributed by atoms with van der Waals surface area (Å²) in [5.41, 5.74) is 1.69. The van der Waals surface area contributed by atoms with Crippen molar-refractivity contribution in [3.63, 3.8) is 0 Å². The summed E-state index contributed by atoms with van der Waals surface area (Å²) in [6.45, 7) is 0. The van der Waals surface area contributed by atoms with E-state index >= 15 is 0 Å². The molecule has 1 aromatic carbocycles. The lowest BCUT2D eigenvalue weighted by atomic mass is 9.98. The van der Waals surface area contributed by atoms with Gasteiger partial charge in [0, 0.05) is 17.2 Å². The SMILES string of the molecule is O=C(NC1SC=C(c2cc3cccc(O)c3o2)C1C(=O)O)c1cc2ccccn2n1. The maximum Gasteiger partial charge on any atom is 0.314 e. The maximum absolute atomic E-state index is 12.7. The Bertz CT molecular complexity index is 1310. The molecule has 5 rings (SSSR count). The zero-order chi connectivity index (χ0) is 20.8. The maximum atomic E-state index is 12.7. The molecular formula is C21H15N3O5S. The minimum absolute atomic E-state index is 0.0198. The highest BCUT2D eigenvalue weighted by atomic mass is 32.2. The second-order valence-electron chi connectivity index (χ2n) is 6.83. The van der Waals surface area contributed by atoms with Gasteiger partial charge in [0.25, 0.3) is 5.91 Å². The molecule has 4 heterocycles. The van der Waals surface area contributed by atoms with E-state index < -0.39 is 23.2 Å². The lowest BCUT2D eigenvalue weighted by molar-refractivity contribution is -0.139. The molecular weight excluding hydrogens is 406 g/mol. The molecule has 0 radical (unpaired) electrons. The van der Waals surface area contributed by atoms with Gasteiger partial charge in [-0.2, -0.15) is 5.10 Å². The van der Waals surface area contributed by atoms with Crippen LogP contribution in [-0.2, 0) is 4.79 Å². The third kappa shape index (κ3) is 3.00. The molecule has 0 fully saturated rings. The van der Waals surface area contributed by atoms with Crippen LogP contribution in [0.3, 0.4) is 0 Å². The van der Waals surface area contributed by atoms with Crippen molar-refractivity contribution >= 4 is 45.7 Å². The molecule has 1 aliphatic rings. The van der Waals surface area contributed by atoms with Crippen LogP contribution in [0, 0.1) is 5.92 Å². The largest absolute Gasteiger partial charge is 0.504 e. The van der Waals surface area contributed by atoms with E-state index in [0.29, 0.717) is 22.3 Å². The monoisotopic (exact) mass is 421 g/mol. The van der Waals surface area contributed by atoms with Crippen LogP contribution in [0.25, 0.3) is 22.1 Å². The average molecular weight is 421 g/mol. The first-order valence-electron chi connectivity index (χ1n) is 9.07. The van der Waals surface area contributed by atoms with E-state index in [4.69, 9.17) is 4.42 Å². The number of amides is 1. The number of fused-ring (bicyclic) bond motifs is 2. The fourth-order valence-electron chi connectivity index (χ4n) is 3.49. The second-order valence-corrected chi connectivity index (χ2v) is 7.84. The van der Waals surface area contributed by atoms with Crippen LogP contribution in [0.4, 0.5) is 0 Å². The number of phenols is 1. The lowest BCUT2D eigenvalue weighted by Gasteiger charge is -2.18. The summed E-state index contributed by atoms with van der Waals surface area (Å²) >= 11 is 1.19. The first-order valence-corrected chi connectivity index (χ1v) is 10.0. The molecule has 4 aromatic rings. The third-order valence-corrected chi connectivity index (χ3v) is 6.00. The fourth-order valence-corrected chi connectivity index (χ4v) is 4.65. The van der Waals surface area contributed by atoms with Gasteiger partial charge in [0.15, 0.2) is 17.0 Å². The normalized spacial score (nSPS) is 18.6. The molecule has 8 nitrogen and oxygen atoms in total. The number of carbonyl (C=O) groups is 2. The van der Waals surface area contributed by atoms with Crippen LogP contribution in [0.2, 0.25) is 0 Å². The molecule has 1 aliphatic heterocycles. The summed E-state index contributed by atoms with van der Waals surface area (Å²) in [7, 11) is 0. The number of aromatic hydroxyl groups is 1. The van der Waals surface area contributed by atoms with E-state index in [0.717, 1.165) is 5.52 Å². The first kappa shape index (κ1) is 18.3. The highest BCUT2D eigenvalue weighted by Crippen LogP contribution is 2.43. The van der Waals surface area contributed by atoms with Crippen molar-refractivity contribution in [1.82, 2.24) is 14.9 Å². The Kier molecular flexibility index (Phi) is 4.25. The summed E-state index contributed by atoms with van der Waals surface area (Å²) in [4.78, 5) is 24.7. The van der Waals surface area contributed by atoms with Crippen LogP contribution in [0.5, 0.6) is 5.75 Å². The molecule has 2 atom stereocenters. The molecule has 0 spiro atoms. The lowest BCUT2D eigenvalue weighted by Crippen LogP contribution is -2.39. The van der Waals surface area contributed by atoms with Gasteiger partial charge in [-0.15, -0.1) is 11.8 Å². The van der Waals surface area contributed by atoms with Crippen LogP contribution in [0.15, 0.2) is 64.6 Å². The number of hydrogen-bond donors (Lipinski definition) is 3. The Morgan fingerprint density at radius 2 is 2.03 bits per heavy atom.